The predicted octanol–water partition coefficient (Wildman–Crippen LogP) is 2.71. The van der Waals surface area contributed by atoms with Gasteiger partial charge in [0.25, 0.3) is 0 Å². The minimum absolute atomic E-state index is 0.284. The Morgan fingerprint density at radius 2 is 1.91 bits per heavy atom. The van der Waals surface area contributed by atoms with Crippen molar-refractivity contribution in [3.05, 3.63) is 29.8 Å². The highest BCUT2D eigenvalue weighted by Gasteiger charge is 2.37. The van der Waals surface area contributed by atoms with Crippen LogP contribution in [0.1, 0.15) is 39.2 Å². The van der Waals surface area contributed by atoms with E-state index < -0.39 is 15.4 Å². The third kappa shape index (κ3) is 5.03. The van der Waals surface area contributed by atoms with E-state index in [1.807, 2.05) is 19.1 Å². The average molecular weight is 340 g/mol. The molecular formula is C18H29NO3S. The zero-order chi connectivity index (χ0) is 17.3. The first-order chi connectivity index (χ1) is 10.6. The van der Waals surface area contributed by atoms with Gasteiger partial charge in [-0.25, -0.2) is 8.42 Å². The molecule has 0 radical (unpaired) electrons. The van der Waals surface area contributed by atoms with E-state index in [9.17, 15) is 13.5 Å². The molecule has 5 heteroatoms. The lowest BCUT2D eigenvalue weighted by Crippen LogP contribution is -2.50. The maximum atomic E-state index is 11.5. The highest BCUT2D eigenvalue weighted by molar-refractivity contribution is 7.90. The molecule has 2 atom stereocenters. The summed E-state index contributed by atoms with van der Waals surface area (Å²) in [5, 5.41) is 10.6. The number of aliphatic hydroxyl groups is 1. The van der Waals surface area contributed by atoms with E-state index in [1.54, 1.807) is 12.1 Å². The van der Waals surface area contributed by atoms with Gasteiger partial charge in [0.05, 0.1) is 10.5 Å². The average Bonchev–Trinajstić information content (AvgIpc) is 2.42. The summed E-state index contributed by atoms with van der Waals surface area (Å²) < 4.78 is 23.0. The summed E-state index contributed by atoms with van der Waals surface area (Å²) in [6.07, 6.45) is 3.04. The summed E-state index contributed by atoms with van der Waals surface area (Å²) in [6, 6.07) is 7.13. The van der Waals surface area contributed by atoms with Gasteiger partial charge in [0.15, 0.2) is 9.84 Å². The Morgan fingerprint density at radius 1 is 1.30 bits per heavy atom. The molecule has 1 heterocycles. The Balaban J connectivity index is 2.03. The number of rotatable bonds is 5. The van der Waals surface area contributed by atoms with E-state index in [1.165, 1.54) is 6.26 Å². The fourth-order valence-electron chi connectivity index (χ4n) is 3.33. The van der Waals surface area contributed by atoms with E-state index in [2.05, 4.69) is 18.7 Å². The van der Waals surface area contributed by atoms with Gasteiger partial charge in [-0.3, -0.25) is 4.90 Å². The minimum atomic E-state index is -3.14. The Hall–Kier alpha value is -0.910. The van der Waals surface area contributed by atoms with Gasteiger partial charge in [0.1, 0.15) is 0 Å². The van der Waals surface area contributed by atoms with Gasteiger partial charge in [-0.15, -0.1) is 0 Å². The second-order valence-corrected chi connectivity index (χ2v) is 9.60. The Bertz CT molecular complexity index is 620. The van der Waals surface area contributed by atoms with Crippen LogP contribution in [0.3, 0.4) is 0 Å². The molecule has 0 bridgehead atoms. The van der Waals surface area contributed by atoms with Gasteiger partial charge >= 0.3 is 0 Å². The van der Waals surface area contributed by atoms with Crippen LogP contribution in [0.15, 0.2) is 29.2 Å². The number of nitrogens with zero attached hydrogens (tertiary/aromatic N) is 1. The van der Waals surface area contributed by atoms with Gasteiger partial charge in [-0.05, 0) is 43.4 Å². The van der Waals surface area contributed by atoms with E-state index >= 15 is 0 Å². The number of hydrogen-bond acceptors (Lipinski definition) is 4. The van der Waals surface area contributed by atoms with Crippen molar-refractivity contribution in [3.63, 3.8) is 0 Å². The summed E-state index contributed by atoms with van der Waals surface area (Å²) in [4.78, 5) is 2.72. The van der Waals surface area contributed by atoms with Crippen molar-refractivity contribution in [2.45, 2.75) is 50.7 Å². The first-order valence-electron chi connectivity index (χ1n) is 8.31. The normalized spacial score (nSPS) is 26.6. The standard InChI is InChI=1S/C18H29NO3S/c1-14(2)11-16-13-19(10-9-18(16,3)20)12-15-5-7-17(8-6-15)23(4,21)22/h5-8,14,16,20H,9-13H2,1-4H3/t16-,18+/m1/s1. The van der Waals surface area contributed by atoms with Crippen molar-refractivity contribution in [1.82, 2.24) is 4.90 Å². The van der Waals surface area contributed by atoms with Crippen LogP contribution >= 0.6 is 0 Å². The summed E-state index contributed by atoms with van der Waals surface area (Å²) in [5.41, 5.74) is 0.531. The first-order valence-corrected chi connectivity index (χ1v) is 10.2. The number of benzene rings is 1. The molecule has 1 N–H and O–H groups in total. The van der Waals surface area contributed by atoms with Crippen LogP contribution in [0, 0.1) is 11.8 Å². The van der Waals surface area contributed by atoms with Crippen molar-refractivity contribution >= 4 is 9.84 Å². The predicted molar refractivity (Wildman–Crippen MR) is 93.0 cm³/mol. The molecule has 0 aliphatic carbocycles. The van der Waals surface area contributed by atoms with E-state index in [0.29, 0.717) is 10.8 Å². The molecule has 0 aromatic heterocycles. The molecule has 1 saturated heterocycles. The van der Waals surface area contributed by atoms with Crippen molar-refractivity contribution in [2.24, 2.45) is 11.8 Å². The lowest BCUT2D eigenvalue weighted by atomic mass is 9.78. The number of piperidine rings is 1. The third-order valence-electron chi connectivity index (χ3n) is 4.81. The molecule has 0 saturated carbocycles. The maximum Gasteiger partial charge on any atom is 0.175 e. The molecule has 1 aliphatic rings. The van der Waals surface area contributed by atoms with Crippen molar-refractivity contribution < 1.29 is 13.5 Å². The van der Waals surface area contributed by atoms with E-state index in [4.69, 9.17) is 0 Å². The molecule has 1 aromatic carbocycles. The SMILES string of the molecule is CC(C)C[C@@H]1CN(Cc2ccc(S(C)(=O)=O)cc2)CC[C@]1(C)O. The monoisotopic (exact) mass is 339 g/mol. The molecule has 1 fully saturated rings. The Labute approximate surface area is 140 Å². The smallest absolute Gasteiger partial charge is 0.175 e. The van der Waals surface area contributed by atoms with Crippen LogP contribution in [0.2, 0.25) is 0 Å². The van der Waals surface area contributed by atoms with Crippen LogP contribution in [0.25, 0.3) is 0 Å². The zero-order valence-corrected chi connectivity index (χ0v) is 15.4. The summed E-state index contributed by atoms with van der Waals surface area (Å²) in [7, 11) is -3.14. The number of likely N-dealkylation sites (tertiary alicyclic amines) is 1. The van der Waals surface area contributed by atoms with Gasteiger partial charge in [-0.2, -0.15) is 0 Å². The topological polar surface area (TPSA) is 57.6 Å². The van der Waals surface area contributed by atoms with Crippen LogP contribution < -0.4 is 0 Å². The molecule has 2 rings (SSSR count). The third-order valence-corrected chi connectivity index (χ3v) is 5.93. The van der Waals surface area contributed by atoms with Crippen LogP contribution in [-0.4, -0.2) is 43.4 Å². The minimum Gasteiger partial charge on any atom is -0.390 e. The summed E-state index contributed by atoms with van der Waals surface area (Å²) in [6.45, 7) is 8.90. The second kappa shape index (κ2) is 6.91. The second-order valence-electron chi connectivity index (χ2n) is 7.58. The molecule has 1 aromatic rings. The molecule has 1 aliphatic heterocycles. The quantitative estimate of drug-likeness (QED) is 0.896. The van der Waals surface area contributed by atoms with Crippen molar-refractivity contribution in [3.8, 4) is 0 Å². The Kier molecular flexibility index (Phi) is 5.54. The first kappa shape index (κ1) is 18.4. The Morgan fingerprint density at radius 3 is 2.43 bits per heavy atom. The number of sulfone groups is 1. The molecule has 23 heavy (non-hydrogen) atoms. The fraction of sp³-hybridized carbons (Fsp3) is 0.667. The van der Waals surface area contributed by atoms with Crippen molar-refractivity contribution in [2.75, 3.05) is 19.3 Å². The van der Waals surface area contributed by atoms with Crippen LogP contribution in [0.5, 0.6) is 0 Å². The lowest BCUT2D eigenvalue weighted by Gasteiger charge is -2.43. The van der Waals surface area contributed by atoms with Gasteiger partial charge in [0, 0.05) is 31.8 Å². The highest BCUT2D eigenvalue weighted by atomic mass is 32.2. The van der Waals surface area contributed by atoms with Gasteiger partial charge in [0.2, 0.25) is 0 Å². The van der Waals surface area contributed by atoms with Gasteiger partial charge < -0.3 is 5.11 Å². The summed E-state index contributed by atoms with van der Waals surface area (Å²) >= 11 is 0. The highest BCUT2D eigenvalue weighted by Crippen LogP contribution is 2.32. The molecule has 0 spiro atoms. The molecule has 0 unspecified atom stereocenters. The lowest BCUT2D eigenvalue weighted by molar-refractivity contribution is -0.0664. The molecule has 130 valence electrons. The fourth-order valence-corrected chi connectivity index (χ4v) is 3.96. The van der Waals surface area contributed by atoms with Crippen LogP contribution in [0.4, 0.5) is 0 Å². The number of hydrogen-bond donors (Lipinski definition) is 1. The zero-order valence-electron chi connectivity index (χ0n) is 14.6. The van der Waals surface area contributed by atoms with Gasteiger partial charge in [-0.1, -0.05) is 26.0 Å². The van der Waals surface area contributed by atoms with E-state index in [0.717, 1.165) is 38.0 Å². The molecule has 4 nitrogen and oxygen atoms in total. The van der Waals surface area contributed by atoms with Crippen LogP contribution in [-0.2, 0) is 16.4 Å². The maximum absolute atomic E-state index is 11.5. The summed E-state index contributed by atoms with van der Waals surface area (Å²) in [5.74, 6) is 0.854. The molecule has 0 amide bonds. The van der Waals surface area contributed by atoms with E-state index in [-0.39, 0.29) is 5.92 Å². The van der Waals surface area contributed by atoms with Crippen molar-refractivity contribution in [1.29, 1.82) is 0 Å². The largest absolute Gasteiger partial charge is 0.390 e. The molecular weight excluding hydrogens is 310 g/mol.